The zero-order chi connectivity index (χ0) is 16.4. The van der Waals surface area contributed by atoms with Crippen LogP contribution in [0, 0.1) is 5.92 Å². The number of aromatic carboxylic acids is 1. The molecule has 0 saturated carbocycles. The maximum Gasteiger partial charge on any atom is 0.335 e. The zero-order valence-electron chi connectivity index (χ0n) is 12.6. The number of carboxylic acid groups (broad SMARTS) is 1. The molecule has 0 aliphatic carbocycles. The third-order valence-corrected chi connectivity index (χ3v) is 4.12. The quantitative estimate of drug-likeness (QED) is 0.852. The van der Waals surface area contributed by atoms with Crippen molar-refractivity contribution in [2.45, 2.75) is 12.8 Å². The van der Waals surface area contributed by atoms with E-state index in [1.165, 1.54) is 23.1 Å². The first-order valence-corrected chi connectivity index (χ1v) is 7.59. The van der Waals surface area contributed by atoms with Crippen LogP contribution < -0.4 is 4.90 Å². The van der Waals surface area contributed by atoms with E-state index in [0.29, 0.717) is 18.8 Å². The Morgan fingerprint density at radius 2 is 2.17 bits per heavy atom. The number of amides is 3. The molecule has 7 heteroatoms. The molecule has 23 heavy (non-hydrogen) atoms. The summed E-state index contributed by atoms with van der Waals surface area (Å²) in [4.78, 5) is 38.3. The molecule has 1 N–H and O–H groups in total. The van der Waals surface area contributed by atoms with Crippen molar-refractivity contribution in [3.63, 3.8) is 0 Å². The summed E-state index contributed by atoms with van der Waals surface area (Å²) in [6, 6.07) is 5.45. The molecule has 2 fully saturated rings. The van der Waals surface area contributed by atoms with Gasteiger partial charge in [0.05, 0.1) is 17.9 Å². The first-order valence-electron chi connectivity index (χ1n) is 7.59. The standard InChI is InChI=1S/C16H18N2O5/c19-14-9-17(8-11-3-2-6-23-10-11)16(22)18(14)13-5-1-4-12(7-13)15(20)21/h1,4-5,7,11H,2-3,6,8-10H2,(H,20,21). The predicted molar refractivity (Wildman–Crippen MR) is 81.4 cm³/mol. The zero-order valence-corrected chi connectivity index (χ0v) is 12.6. The molecule has 0 spiro atoms. The van der Waals surface area contributed by atoms with Gasteiger partial charge >= 0.3 is 12.0 Å². The largest absolute Gasteiger partial charge is 0.478 e. The summed E-state index contributed by atoms with van der Waals surface area (Å²) in [7, 11) is 0. The van der Waals surface area contributed by atoms with E-state index in [4.69, 9.17) is 9.84 Å². The molecular weight excluding hydrogens is 300 g/mol. The molecule has 0 radical (unpaired) electrons. The highest BCUT2D eigenvalue weighted by Crippen LogP contribution is 2.24. The molecule has 1 aromatic rings. The average Bonchev–Trinajstić information content (AvgIpc) is 2.82. The van der Waals surface area contributed by atoms with Gasteiger partial charge in [0, 0.05) is 19.1 Å². The van der Waals surface area contributed by atoms with Crippen LogP contribution in [0.5, 0.6) is 0 Å². The van der Waals surface area contributed by atoms with Crippen molar-refractivity contribution in [1.82, 2.24) is 4.90 Å². The first-order chi connectivity index (χ1) is 11.1. The predicted octanol–water partition coefficient (Wildman–Crippen LogP) is 1.58. The summed E-state index contributed by atoms with van der Waals surface area (Å²) in [6.45, 7) is 1.86. The van der Waals surface area contributed by atoms with Crippen LogP contribution in [0.25, 0.3) is 0 Å². The van der Waals surface area contributed by atoms with Crippen molar-refractivity contribution < 1.29 is 24.2 Å². The highest BCUT2D eigenvalue weighted by Gasteiger charge is 2.38. The number of urea groups is 1. The highest BCUT2D eigenvalue weighted by atomic mass is 16.5. The molecule has 7 nitrogen and oxygen atoms in total. The van der Waals surface area contributed by atoms with Gasteiger partial charge in [0.2, 0.25) is 0 Å². The third kappa shape index (κ3) is 3.19. The lowest BCUT2D eigenvalue weighted by Crippen LogP contribution is -2.37. The van der Waals surface area contributed by atoms with Crippen LogP contribution in [-0.2, 0) is 9.53 Å². The third-order valence-electron chi connectivity index (χ3n) is 4.12. The van der Waals surface area contributed by atoms with Crippen molar-refractivity contribution in [2.24, 2.45) is 5.92 Å². The molecule has 2 aliphatic rings. The number of nitrogens with zero attached hydrogens (tertiary/aromatic N) is 2. The van der Waals surface area contributed by atoms with E-state index in [9.17, 15) is 14.4 Å². The number of benzene rings is 1. The van der Waals surface area contributed by atoms with Crippen molar-refractivity contribution in [3.8, 4) is 0 Å². The number of carboxylic acids is 1. The molecule has 2 saturated heterocycles. The van der Waals surface area contributed by atoms with Crippen LogP contribution in [0.4, 0.5) is 10.5 Å². The molecular formula is C16H18N2O5. The summed E-state index contributed by atoms with van der Waals surface area (Å²) in [5.41, 5.74) is 0.338. The summed E-state index contributed by atoms with van der Waals surface area (Å²) >= 11 is 0. The van der Waals surface area contributed by atoms with Crippen LogP contribution in [0.1, 0.15) is 23.2 Å². The Morgan fingerprint density at radius 1 is 1.35 bits per heavy atom. The SMILES string of the molecule is O=C(O)c1cccc(N2C(=O)CN(CC3CCCOC3)C2=O)c1. The minimum Gasteiger partial charge on any atom is -0.478 e. The van der Waals surface area contributed by atoms with Gasteiger partial charge in [-0.05, 0) is 31.0 Å². The number of carbonyl (C=O) groups excluding carboxylic acids is 2. The number of rotatable bonds is 4. The molecule has 0 aromatic heterocycles. The molecule has 1 unspecified atom stereocenters. The highest BCUT2D eigenvalue weighted by molar-refractivity contribution is 6.20. The van der Waals surface area contributed by atoms with Gasteiger partial charge in [-0.15, -0.1) is 0 Å². The van der Waals surface area contributed by atoms with E-state index < -0.39 is 12.0 Å². The Morgan fingerprint density at radius 3 is 2.87 bits per heavy atom. The van der Waals surface area contributed by atoms with E-state index in [0.717, 1.165) is 24.3 Å². The lowest BCUT2D eigenvalue weighted by molar-refractivity contribution is -0.116. The van der Waals surface area contributed by atoms with Gasteiger partial charge in [0.25, 0.3) is 5.91 Å². The fourth-order valence-electron chi connectivity index (χ4n) is 2.99. The fourth-order valence-corrected chi connectivity index (χ4v) is 2.99. The second-order valence-corrected chi connectivity index (χ2v) is 5.83. The van der Waals surface area contributed by atoms with Crippen molar-refractivity contribution in [2.75, 3.05) is 31.2 Å². The van der Waals surface area contributed by atoms with Gasteiger partial charge in [0.15, 0.2) is 0 Å². The number of ether oxygens (including phenoxy) is 1. The van der Waals surface area contributed by atoms with Crippen LogP contribution in [0.15, 0.2) is 24.3 Å². The summed E-state index contributed by atoms with van der Waals surface area (Å²) in [5, 5.41) is 9.04. The maximum absolute atomic E-state index is 12.5. The van der Waals surface area contributed by atoms with Crippen LogP contribution in [0.2, 0.25) is 0 Å². The van der Waals surface area contributed by atoms with Crippen molar-refractivity contribution in [1.29, 1.82) is 0 Å². The van der Waals surface area contributed by atoms with Gasteiger partial charge in [0.1, 0.15) is 6.54 Å². The molecule has 1 aromatic carbocycles. The average molecular weight is 318 g/mol. The van der Waals surface area contributed by atoms with E-state index in [-0.39, 0.29) is 23.9 Å². The Kier molecular flexibility index (Phi) is 4.29. The van der Waals surface area contributed by atoms with Crippen LogP contribution >= 0.6 is 0 Å². The lowest BCUT2D eigenvalue weighted by Gasteiger charge is -2.26. The Balaban J connectivity index is 1.75. The summed E-state index contributed by atoms with van der Waals surface area (Å²) < 4.78 is 5.41. The molecule has 3 amide bonds. The molecule has 0 bridgehead atoms. The summed E-state index contributed by atoms with van der Waals surface area (Å²) in [5.74, 6) is -1.19. The maximum atomic E-state index is 12.5. The second-order valence-electron chi connectivity index (χ2n) is 5.83. The molecule has 3 rings (SSSR count). The molecule has 122 valence electrons. The first kappa shape index (κ1) is 15.5. The molecule has 1 atom stereocenters. The Bertz CT molecular complexity index is 639. The number of hydrogen-bond donors (Lipinski definition) is 1. The van der Waals surface area contributed by atoms with Crippen molar-refractivity contribution in [3.05, 3.63) is 29.8 Å². The van der Waals surface area contributed by atoms with Crippen molar-refractivity contribution >= 4 is 23.6 Å². The van der Waals surface area contributed by atoms with E-state index in [1.807, 2.05) is 0 Å². The van der Waals surface area contributed by atoms with E-state index in [2.05, 4.69) is 0 Å². The molecule has 2 aliphatic heterocycles. The Hall–Kier alpha value is -2.41. The van der Waals surface area contributed by atoms with Crippen LogP contribution in [0.3, 0.4) is 0 Å². The lowest BCUT2D eigenvalue weighted by atomic mass is 10.0. The number of imide groups is 1. The van der Waals surface area contributed by atoms with Gasteiger partial charge < -0.3 is 14.7 Å². The number of carbonyl (C=O) groups is 3. The van der Waals surface area contributed by atoms with Gasteiger partial charge in [-0.1, -0.05) is 6.07 Å². The monoisotopic (exact) mass is 318 g/mol. The summed E-state index contributed by atoms with van der Waals surface area (Å²) in [6.07, 6.45) is 1.94. The minimum atomic E-state index is -1.10. The van der Waals surface area contributed by atoms with E-state index in [1.54, 1.807) is 6.07 Å². The topological polar surface area (TPSA) is 87.2 Å². The van der Waals surface area contributed by atoms with E-state index >= 15 is 0 Å². The smallest absolute Gasteiger partial charge is 0.335 e. The second kappa shape index (κ2) is 6.37. The number of hydrogen-bond acceptors (Lipinski definition) is 4. The van der Waals surface area contributed by atoms with Gasteiger partial charge in [-0.2, -0.15) is 0 Å². The number of anilines is 1. The molecule has 2 heterocycles. The van der Waals surface area contributed by atoms with Gasteiger partial charge in [-0.25, -0.2) is 14.5 Å². The van der Waals surface area contributed by atoms with Crippen LogP contribution in [-0.4, -0.2) is 54.2 Å². The fraction of sp³-hybridized carbons (Fsp3) is 0.438. The Labute approximate surface area is 133 Å². The van der Waals surface area contributed by atoms with Gasteiger partial charge in [-0.3, -0.25) is 4.79 Å². The normalized spacial score (nSPS) is 21.8. The minimum absolute atomic E-state index is 0.0205.